The van der Waals surface area contributed by atoms with Gasteiger partial charge in [-0.25, -0.2) is 19.0 Å². The first-order valence-electron chi connectivity index (χ1n) is 13.9. The lowest BCUT2D eigenvalue weighted by atomic mass is 9.89. The molecule has 4 aromatic heterocycles. The van der Waals surface area contributed by atoms with Crippen molar-refractivity contribution < 1.29 is 13.9 Å². The molecule has 224 valence electrons. The summed E-state index contributed by atoms with van der Waals surface area (Å²) >= 11 is 0. The van der Waals surface area contributed by atoms with Gasteiger partial charge >= 0.3 is 0 Å². The molecule has 12 nitrogen and oxygen atoms in total. The van der Waals surface area contributed by atoms with Crippen LogP contribution in [-0.4, -0.2) is 74.4 Å². The molecule has 1 aliphatic rings. The summed E-state index contributed by atoms with van der Waals surface area (Å²) < 4.78 is 20.5. The van der Waals surface area contributed by atoms with E-state index in [9.17, 15) is 9.18 Å². The first kappa shape index (κ1) is 29.6. The molecule has 1 fully saturated rings. The second-order valence-corrected chi connectivity index (χ2v) is 10.5. The molecule has 5 rings (SSSR count). The van der Waals surface area contributed by atoms with E-state index in [2.05, 4.69) is 47.5 Å². The van der Waals surface area contributed by atoms with Gasteiger partial charge < -0.3 is 20.3 Å². The van der Waals surface area contributed by atoms with E-state index in [1.165, 1.54) is 10.9 Å². The van der Waals surface area contributed by atoms with Crippen molar-refractivity contribution >= 4 is 46.8 Å². The number of pyridine rings is 2. The molecule has 5 heterocycles. The van der Waals surface area contributed by atoms with Gasteiger partial charge in [-0.3, -0.25) is 14.9 Å². The van der Waals surface area contributed by atoms with Crippen LogP contribution in [0.25, 0.3) is 16.7 Å². The highest BCUT2D eigenvalue weighted by molar-refractivity contribution is 5.92. The molecule has 0 unspecified atom stereocenters. The Labute approximate surface area is 248 Å². The number of carbonyl (C=O) groups is 1. The molecular formula is C30H35FN10O2. The summed E-state index contributed by atoms with van der Waals surface area (Å²) in [6.07, 6.45) is 8.48. The van der Waals surface area contributed by atoms with E-state index < -0.39 is 11.4 Å². The standard InChI is InChI=1S/C30H35FN10O2/c1-19(8-9-27(32-4)41-18-22(31)17-34-41)21(3)35-29(42)30(43-5)10-13-40(14-11-30)28-23-7-6-12-33-24(23)16-25(37-28)36-26-15-20(2)38-39-26/h6-9,12,15-18,21H,4,10-11,13-14H2,1-3,5H3,(H,35,42)(H2,36,37,38,39)/b19-8+,27-9+/t21-/m0/s1. The average molecular weight is 587 g/mol. The molecule has 0 spiro atoms. The van der Waals surface area contributed by atoms with Crippen LogP contribution >= 0.6 is 0 Å². The van der Waals surface area contributed by atoms with Crippen molar-refractivity contribution in [3.05, 3.63) is 72.1 Å². The van der Waals surface area contributed by atoms with Crippen molar-refractivity contribution in [2.24, 2.45) is 4.99 Å². The SMILES string of the molecule is C=N/C(=C\C=C(/C)[C@H](C)NC(=O)C1(OC)CCN(c2nc(Nc3cc(C)[nH]n3)cc3ncccc23)CC1)n1cc(F)cn1. The highest BCUT2D eigenvalue weighted by Gasteiger charge is 2.42. The molecule has 0 radical (unpaired) electrons. The molecule has 1 aliphatic heterocycles. The number of fused-ring (bicyclic) bond motifs is 1. The lowest BCUT2D eigenvalue weighted by Gasteiger charge is -2.40. The van der Waals surface area contributed by atoms with Crippen LogP contribution in [0, 0.1) is 12.7 Å². The number of methoxy groups -OCH3 is 1. The van der Waals surface area contributed by atoms with Crippen LogP contribution in [0.3, 0.4) is 0 Å². The predicted octanol–water partition coefficient (Wildman–Crippen LogP) is 4.38. The van der Waals surface area contributed by atoms with Gasteiger partial charge in [-0.2, -0.15) is 10.2 Å². The maximum atomic E-state index is 13.6. The van der Waals surface area contributed by atoms with E-state index in [0.29, 0.717) is 43.4 Å². The zero-order valence-corrected chi connectivity index (χ0v) is 24.6. The van der Waals surface area contributed by atoms with Crippen molar-refractivity contribution in [3.63, 3.8) is 0 Å². The number of H-pyrrole nitrogens is 1. The molecule has 1 amide bonds. The Morgan fingerprint density at radius 2 is 2.07 bits per heavy atom. The molecular weight excluding hydrogens is 551 g/mol. The third-order valence-electron chi connectivity index (χ3n) is 7.69. The van der Waals surface area contributed by atoms with Gasteiger partial charge in [-0.1, -0.05) is 11.6 Å². The van der Waals surface area contributed by atoms with Crippen molar-refractivity contribution in [2.75, 3.05) is 30.4 Å². The largest absolute Gasteiger partial charge is 0.368 e. The number of piperidine rings is 1. The van der Waals surface area contributed by atoms with E-state index in [1.807, 2.05) is 45.0 Å². The summed E-state index contributed by atoms with van der Waals surface area (Å²) in [5, 5.41) is 18.4. The van der Waals surface area contributed by atoms with Crippen LogP contribution in [0.4, 0.5) is 21.8 Å². The molecule has 3 N–H and O–H groups in total. The summed E-state index contributed by atoms with van der Waals surface area (Å²) in [5.74, 6) is 1.79. The number of anilines is 3. The maximum Gasteiger partial charge on any atom is 0.252 e. The minimum atomic E-state index is -0.988. The second-order valence-electron chi connectivity index (χ2n) is 10.5. The maximum absolute atomic E-state index is 13.6. The van der Waals surface area contributed by atoms with Gasteiger partial charge in [0.25, 0.3) is 5.91 Å². The number of aryl methyl sites for hydroxylation is 1. The molecule has 1 atom stereocenters. The van der Waals surface area contributed by atoms with Gasteiger partial charge in [0.05, 0.1) is 17.9 Å². The summed E-state index contributed by atoms with van der Waals surface area (Å²) in [6, 6.07) is 7.40. The Hall–Kier alpha value is -4.91. The lowest BCUT2D eigenvalue weighted by Crippen LogP contribution is -2.56. The number of hydrogen-bond acceptors (Lipinski definition) is 9. The van der Waals surface area contributed by atoms with Crippen molar-refractivity contribution in [1.29, 1.82) is 0 Å². The Morgan fingerprint density at radius 1 is 1.28 bits per heavy atom. The fourth-order valence-corrected chi connectivity index (χ4v) is 5.00. The van der Waals surface area contributed by atoms with E-state index >= 15 is 0 Å². The number of ether oxygens (including phenoxy) is 1. The van der Waals surface area contributed by atoms with Crippen LogP contribution in [-0.2, 0) is 9.53 Å². The van der Waals surface area contributed by atoms with E-state index in [0.717, 1.165) is 34.2 Å². The Kier molecular flexibility index (Phi) is 8.62. The van der Waals surface area contributed by atoms with Crippen LogP contribution in [0.1, 0.15) is 32.4 Å². The van der Waals surface area contributed by atoms with E-state index in [4.69, 9.17) is 9.72 Å². The van der Waals surface area contributed by atoms with Crippen molar-refractivity contribution in [3.8, 4) is 0 Å². The number of halogens is 1. The highest BCUT2D eigenvalue weighted by Crippen LogP contribution is 2.33. The van der Waals surface area contributed by atoms with Crippen molar-refractivity contribution in [1.82, 2.24) is 35.3 Å². The van der Waals surface area contributed by atoms with Gasteiger partial charge in [0.1, 0.15) is 17.2 Å². The fraction of sp³-hybridized carbons (Fsp3) is 0.333. The monoisotopic (exact) mass is 586 g/mol. The zero-order chi connectivity index (χ0) is 30.6. The number of aliphatic imine (C=N–C) groups is 1. The third-order valence-corrected chi connectivity index (χ3v) is 7.69. The summed E-state index contributed by atoms with van der Waals surface area (Å²) in [4.78, 5) is 29.1. The number of allylic oxidation sites excluding steroid dienone is 2. The van der Waals surface area contributed by atoms with Gasteiger partial charge in [0, 0.05) is 68.5 Å². The van der Waals surface area contributed by atoms with Crippen molar-refractivity contribution in [2.45, 2.75) is 45.3 Å². The molecule has 1 saturated heterocycles. The second kappa shape index (κ2) is 12.5. The fourth-order valence-electron chi connectivity index (χ4n) is 5.00. The summed E-state index contributed by atoms with van der Waals surface area (Å²) in [6.45, 7) is 10.4. The van der Waals surface area contributed by atoms with Crippen LogP contribution < -0.4 is 15.5 Å². The Bertz CT molecular complexity index is 1680. The molecule has 0 aromatic carbocycles. The number of nitrogens with zero attached hydrogens (tertiary/aromatic N) is 7. The Morgan fingerprint density at radius 3 is 2.72 bits per heavy atom. The first-order chi connectivity index (χ1) is 20.7. The highest BCUT2D eigenvalue weighted by atomic mass is 19.1. The number of carbonyl (C=O) groups excluding carboxylic acids is 1. The minimum absolute atomic E-state index is 0.182. The summed E-state index contributed by atoms with van der Waals surface area (Å²) in [7, 11) is 1.57. The number of hydrogen-bond donors (Lipinski definition) is 3. The zero-order valence-electron chi connectivity index (χ0n) is 24.6. The summed E-state index contributed by atoms with van der Waals surface area (Å²) in [5.41, 5.74) is 1.62. The smallest absolute Gasteiger partial charge is 0.252 e. The van der Waals surface area contributed by atoms with Gasteiger partial charge in [-0.05, 0) is 45.7 Å². The number of aromatic amines is 1. The number of aromatic nitrogens is 6. The number of amides is 1. The number of rotatable bonds is 10. The number of nitrogens with one attached hydrogen (secondary N) is 3. The van der Waals surface area contributed by atoms with Crippen LogP contribution in [0.5, 0.6) is 0 Å². The normalized spacial score (nSPS) is 16.3. The molecule has 0 aliphatic carbocycles. The third kappa shape index (κ3) is 6.46. The van der Waals surface area contributed by atoms with E-state index in [1.54, 1.807) is 25.5 Å². The minimum Gasteiger partial charge on any atom is -0.368 e. The lowest BCUT2D eigenvalue weighted by molar-refractivity contribution is -0.146. The van der Waals surface area contributed by atoms with Crippen LogP contribution in [0.2, 0.25) is 0 Å². The molecule has 0 bridgehead atoms. The van der Waals surface area contributed by atoms with Crippen LogP contribution in [0.15, 0.2) is 65.6 Å². The van der Waals surface area contributed by atoms with Gasteiger partial charge in [-0.15, -0.1) is 0 Å². The molecule has 13 heteroatoms. The predicted molar refractivity (Wildman–Crippen MR) is 165 cm³/mol. The average Bonchev–Trinajstić information content (AvgIpc) is 3.64. The molecule has 4 aromatic rings. The van der Waals surface area contributed by atoms with Gasteiger partial charge in [0.2, 0.25) is 0 Å². The quantitative estimate of drug-likeness (QED) is 0.184. The molecule has 43 heavy (non-hydrogen) atoms. The Balaban J connectivity index is 1.29. The van der Waals surface area contributed by atoms with Gasteiger partial charge in [0.15, 0.2) is 17.5 Å². The topological polar surface area (TPSA) is 138 Å². The van der Waals surface area contributed by atoms with E-state index in [-0.39, 0.29) is 11.9 Å². The molecule has 0 saturated carbocycles. The first-order valence-corrected chi connectivity index (χ1v) is 13.9.